The number of aryl methyl sites for hydroxylation is 1. The first-order valence-corrected chi connectivity index (χ1v) is 15.4. The van der Waals surface area contributed by atoms with Crippen molar-refractivity contribution >= 4 is 12.3 Å². The summed E-state index contributed by atoms with van der Waals surface area (Å²) in [6.07, 6.45) is 11.2. The summed E-state index contributed by atoms with van der Waals surface area (Å²) in [4.78, 5) is 26.5. The number of ketones is 1. The van der Waals surface area contributed by atoms with Crippen LogP contribution in [-0.2, 0) is 31.8 Å². The molecular formula is C33H43N3O5. The summed E-state index contributed by atoms with van der Waals surface area (Å²) in [6, 6.07) is 0. The van der Waals surface area contributed by atoms with Crippen LogP contribution in [0.5, 0.6) is 0 Å². The maximum atomic E-state index is 14.7. The zero-order valence-electron chi connectivity index (χ0n) is 25.5. The minimum Gasteiger partial charge on any atom is -0.453 e. The maximum Gasteiger partial charge on any atom is 0.294 e. The molecule has 220 valence electrons. The Morgan fingerprint density at radius 2 is 1.78 bits per heavy atom. The Balaban J connectivity index is 1.38. The lowest BCUT2D eigenvalue weighted by Crippen LogP contribution is -2.66. The quantitative estimate of drug-likeness (QED) is 0.395. The van der Waals surface area contributed by atoms with Crippen LogP contribution in [0.4, 0.5) is 0 Å². The van der Waals surface area contributed by atoms with E-state index in [-0.39, 0.29) is 50.6 Å². The maximum absolute atomic E-state index is 14.7. The van der Waals surface area contributed by atoms with Gasteiger partial charge in [0.15, 0.2) is 17.1 Å². The van der Waals surface area contributed by atoms with E-state index in [2.05, 4.69) is 50.0 Å². The fraction of sp³-hybridized carbons (Fsp3) is 0.727. The highest BCUT2D eigenvalue weighted by Gasteiger charge is 2.71. The van der Waals surface area contributed by atoms with Crippen molar-refractivity contribution < 1.29 is 23.3 Å². The molecular weight excluding hydrogens is 518 g/mol. The number of aromatic nitrogens is 3. The summed E-state index contributed by atoms with van der Waals surface area (Å²) in [5, 5.41) is 12.9. The summed E-state index contributed by atoms with van der Waals surface area (Å²) < 4.78 is 17.8. The van der Waals surface area contributed by atoms with E-state index in [0.717, 1.165) is 56.4 Å². The molecule has 8 atom stereocenters. The predicted molar refractivity (Wildman–Crippen MR) is 149 cm³/mol. The first-order chi connectivity index (χ1) is 19.2. The average molecular weight is 562 g/mol. The molecule has 2 aromatic heterocycles. The van der Waals surface area contributed by atoms with E-state index in [1.807, 2.05) is 19.9 Å². The van der Waals surface area contributed by atoms with Crippen molar-refractivity contribution in [3.8, 4) is 0 Å². The molecule has 2 aromatic rings. The van der Waals surface area contributed by atoms with Gasteiger partial charge in [0.2, 0.25) is 11.8 Å². The van der Waals surface area contributed by atoms with Gasteiger partial charge in [0.1, 0.15) is 0 Å². The lowest BCUT2D eigenvalue weighted by atomic mass is 9.34. The highest BCUT2D eigenvalue weighted by molar-refractivity contribution is 5.95. The van der Waals surface area contributed by atoms with Crippen molar-refractivity contribution in [1.29, 1.82) is 0 Å². The molecule has 5 aliphatic carbocycles. The van der Waals surface area contributed by atoms with E-state index in [9.17, 15) is 9.59 Å². The van der Waals surface area contributed by atoms with Crippen molar-refractivity contribution in [2.24, 2.45) is 39.4 Å². The monoisotopic (exact) mass is 561 g/mol. The number of carbonyl (C=O) groups is 2. The largest absolute Gasteiger partial charge is 0.453 e. The summed E-state index contributed by atoms with van der Waals surface area (Å²) in [7, 11) is 0. The number of hydrogen-bond donors (Lipinski definition) is 0. The number of nitrogens with zero attached hydrogens (tertiary/aromatic N) is 3. The molecule has 2 heterocycles. The molecule has 0 aliphatic heterocycles. The SMILES string of the molecule is Cc1nnc([C@]23CCC(C)(C)C[C@H]2[C@H]2C(=O)C=C4[C@@]5(C)Cc6cnoc6[C@@](C)(OC=O)[C@@H]5CC[C@@]4(C)[C@]2(C)CC3)o1. The van der Waals surface area contributed by atoms with Gasteiger partial charge in [0.25, 0.3) is 6.47 Å². The number of ether oxygens (including phenoxy) is 1. The zero-order chi connectivity index (χ0) is 29.2. The molecule has 8 nitrogen and oxygen atoms in total. The number of allylic oxidation sites excluding steroid dienone is 2. The van der Waals surface area contributed by atoms with Crippen LogP contribution in [0.25, 0.3) is 0 Å². The first kappa shape index (κ1) is 27.1. The summed E-state index contributed by atoms with van der Waals surface area (Å²) in [5.41, 5.74) is 0.318. The third-order valence-corrected chi connectivity index (χ3v) is 13.2. The normalized spacial score (nSPS) is 44.4. The fourth-order valence-corrected chi connectivity index (χ4v) is 11.0. The van der Waals surface area contributed by atoms with Gasteiger partial charge in [-0.2, -0.15) is 0 Å². The standard InChI is InChI=1S/C33H43N3O5/c1-19-35-36-27(40-19)33-12-10-28(2,3)16-21(33)25-22(38)14-24-29(4)15-20-17-34-41-26(20)32(7,39-18-37)23(29)8-9-30(24,5)31(25,6)11-13-33/h14,17-18,21,23,25H,8-13,15-16H2,1-7H3/t21-,23+,25-,29-,30+,31+,32-,33-/m0/s1. The van der Waals surface area contributed by atoms with Crippen molar-refractivity contribution in [2.45, 2.75) is 111 Å². The lowest BCUT2D eigenvalue weighted by Gasteiger charge is -2.69. The number of rotatable bonds is 3. The molecule has 0 aromatic carbocycles. The molecule has 5 aliphatic rings. The van der Waals surface area contributed by atoms with Crippen LogP contribution in [-0.4, -0.2) is 27.6 Å². The molecule has 8 heteroatoms. The zero-order valence-corrected chi connectivity index (χ0v) is 25.5. The van der Waals surface area contributed by atoms with Gasteiger partial charge in [-0.25, -0.2) is 0 Å². The minimum atomic E-state index is -0.936. The van der Waals surface area contributed by atoms with Gasteiger partial charge in [-0.15, -0.1) is 10.2 Å². The van der Waals surface area contributed by atoms with Gasteiger partial charge in [-0.3, -0.25) is 9.59 Å². The summed E-state index contributed by atoms with van der Waals surface area (Å²) in [5.74, 6) is 2.19. The van der Waals surface area contributed by atoms with E-state index in [0.29, 0.717) is 24.5 Å². The van der Waals surface area contributed by atoms with Crippen molar-refractivity contribution in [1.82, 2.24) is 15.4 Å². The van der Waals surface area contributed by atoms with E-state index >= 15 is 0 Å². The molecule has 0 N–H and O–H groups in total. The molecule has 0 unspecified atom stereocenters. The highest BCUT2D eigenvalue weighted by atomic mass is 16.6. The van der Waals surface area contributed by atoms with E-state index < -0.39 is 5.60 Å². The second-order valence-electron chi connectivity index (χ2n) is 15.6. The molecule has 0 spiro atoms. The van der Waals surface area contributed by atoms with Gasteiger partial charge in [0, 0.05) is 29.7 Å². The molecule has 7 rings (SSSR count). The predicted octanol–water partition coefficient (Wildman–Crippen LogP) is 6.42. The van der Waals surface area contributed by atoms with E-state index in [4.69, 9.17) is 13.7 Å². The number of hydrogen-bond acceptors (Lipinski definition) is 8. The van der Waals surface area contributed by atoms with Crippen LogP contribution in [0.3, 0.4) is 0 Å². The summed E-state index contributed by atoms with van der Waals surface area (Å²) >= 11 is 0. The molecule has 3 saturated carbocycles. The Labute approximate surface area is 242 Å². The fourth-order valence-electron chi connectivity index (χ4n) is 11.0. The van der Waals surface area contributed by atoms with Gasteiger partial charge in [0.05, 0.1) is 11.6 Å². The molecule has 41 heavy (non-hydrogen) atoms. The first-order valence-electron chi connectivity index (χ1n) is 15.4. The van der Waals surface area contributed by atoms with Crippen LogP contribution in [0.1, 0.15) is 110 Å². The second-order valence-corrected chi connectivity index (χ2v) is 15.6. The third-order valence-electron chi connectivity index (χ3n) is 13.2. The Bertz CT molecular complexity index is 1470. The molecule has 0 radical (unpaired) electrons. The molecule has 0 bridgehead atoms. The highest BCUT2D eigenvalue weighted by Crippen LogP contribution is 2.74. The van der Waals surface area contributed by atoms with Crippen LogP contribution < -0.4 is 0 Å². The molecule has 0 saturated heterocycles. The van der Waals surface area contributed by atoms with Crippen LogP contribution in [0.15, 0.2) is 26.8 Å². The van der Waals surface area contributed by atoms with E-state index in [1.54, 1.807) is 6.20 Å². The van der Waals surface area contributed by atoms with Crippen molar-refractivity contribution in [2.75, 3.05) is 0 Å². The van der Waals surface area contributed by atoms with Gasteiger partial charge < -0.3 is 13.7 Å². The minimum absolute atomic E-state index is 0.0226. The van der Waals surface area contributed by atoms with Crippen molar-refractivity contribution in [3.63, 3.8) is 0 Å². The van der Waals surface area contributed by atoms with Crippen LogP contribution in [0, 0.1) is 46.3 Å². The van der Waals surface area contributed by atoms with Crippen LogP contribution in [0.2, 0.25) is 0 Å². The van der Waals surface area contributed by atoms with Crippen molar-refractivity contribution in [3.05, 3.63) is 41.0 Å². The van der Waals surface area contributed by atoms with Gasteiger partial charge in [-0.05, 0) is 86.5 Å². The van der Waals surface area contributed by atoms with Gasteiger partial charge in [-0.1, -0.05) is 45.3 Å². The Morgan fingerprint density at radius 3 is 2.49 bits per heavy atom. The number of fused-ring (bicyclic) bond motifs is 8. The number of carbonyl (C=O) groups excluding carboxylic acids is 2. The molecule has 0 amide bonds. The van der Waals surface area contributed by atoms with Crippen LogP contribution >= 0.6 is 0 Å². The second kappa shape index (κ2) is 8.19. The van der Waals surface area contributed by atoms with E-state index in [1.165, 1.54) is 5.57 Å². The molecule has 3 fully saturated rings. The Morgan fingerprint density at radius 1 is 1.02 bits per heavy atom. The summed E-state index contributed by atoms with van der Waals surface area (Å²) in [6.45, 7) is 16.1. The smallest absolute Gasteiger partial charge is 0.294 e. The van der Waals surface area contributed by atoms with Gasteiger partial charge >= 0.3 is 0 Å². The topological polar surface area (TPSA) is 108 Å². The average Bonchev–Trinajstić information content (AvgIpc) is 3.55. The lowest BCUT2D eigenvalue weighted by molar-refractivity contribution is -0.182. The third kappa shape index (κ3) is 3.25. The Hall–Kier alpha value is -2.77. The Kier molecular flexibility index (Phi) is 5.41.